The maximum absolute atomic E-state index is 11.4. The number of carbonyl (C=O) groups excluding carboxylic acids is 2. The summed E-state index contributed by atoms with van der Waals surface area (Å²) in [6.07, 6.45) is 1.38. The molecule has 1 heterocycles. The molecule has 0 aliphatic carbocycles. The Hall–Kier alpha value is -2.83. The Morgan fingerprint density at radius 2 is 2.00 bits per heavy atom. The molecule has 2 aromatic rings. The third-order valence-corrected chi connectivity index (χ3v) is 2.39. The first-order valence-corrected chi connectivity index (χ1v) is 6.28. The van der Waals surface area contributed by atoms with E-state index in [1.807, 2.05) is 18.2 Å². The number of amides is 1. The minimum atomic E-state index is -0.513. The van der Waals surface area contributed by atoms with Crippen molar-refractivity contribution >= 4 is 17.7 Å². The zero-order valence-electron chi connectivity index (χ0n) is 11.2. The quantitative estimate of drug-likeness (QED) is 0.779. The number of hydrogen-bond acceptors (Lipinski definition) is 6. The highest BCUT2D eigenvalue weighted by Gasteiger charge is 2.09. The molecule has 2 rings (SSSR count). The Balaban J connectivity index is 1.60. The lowest BCUT2D eigenvalue weighted by Gasteiger charge is -2.06. The second kappa shape index (κ2) is 7.68. The number of nitrogens with one attached hydrogen (secondary N) is 1. The van der Waals surface area contributed by atoms with E-state index in [2.05, 4.69) is 15.0 Å². The average Bonchev–Trinajstić information content (AvgIpc) is 2.99. The first-order chi connectivity index (χ1) is 10.2. The summed E-state index contributed by atoms with van der Waals surface area (Å²) in [5.41, 5.74) is 0. The lowest BCUT2D eigenvalue weighted by Crippen LogP contribution is -2.21. The van der Waals surface area contributed by atoms with E-state index in [9.17, 15) is 9.59 Å². The Bertz CT molecular complexity index is 568. The van der Waals surface area contributed by atoms with Crippen LogP contribution in [0.5, 0.6) is 5.75 Å². The predicted molar refractivity (Wildman–Crippen MR) is 72.6 cm³/mol. The van der Waals surface area contributed by atoms with E-state index in [0.29, 0.717) is 5.75 Å². The molecule has 110 valence electrons. The fourth-order valence-corrected chi connectivity index (χ4v) is 1.44. The number of benzene rings is 1. The Kier molecular flexibility index (Phi) is 5.33. The maximum atomic E-state index is 11.4. The van der Waals surface area contributed by atoms with Gasteiger partial charge >= 0.3 is 5.97 Å². The number of para-hydroxylation sites is 1. The molecule has 0 aliphatic rings. The number of carbonyl (C=O) groups is 2. The molecule has 7 heteroatoms. The Labute approximate surface area is 120 Å². The monoisotopic (exact) mass is 290 g/mol. The number of nitrogens with zero attached hydrogens (tertiary/aromatic N) is 1. The van der Waals surface area contributed by atoms with Crippen molar-refractivity contribution in [1.82, 2.24) is 5.16 Å². The van der Waals surface area contributed by atoms with Crippen LogP contribution in [0.15, 0.2) is 47.2 Å². The molecule has 7 nitrogen and oxygen atoms in total. The summed E-state index contributed by atoms with van der Waals surface area (Å²) in [5.74, 6) is -0.0556. The third kappa shape index (κ3) is 5.35. The largest absolute Gasteiger partial charge is 0.493 e. The first-order valence-electron chi connectivity index (χ1n) is 6.28. The molecule has 0 fully saturated rings. The second-order valence-corrected chi connectivity index (χ2v) is 4.01. The van der Waals surface area contributed by atoms with Gasteiger partial charge in [0.15, 0.2) is 12.4 Å². The van der Waals surface area contributed by atoms with E-state index >= 15 is 0 Å². The first kappa shape index (κ1) is 14.6. The van der Waals surface area contributed by atoms with Gasteiger partial charge in [0.1, 0.15) is 12.0 Å². The molecule has 0 saturated carbocycles. The maximum Gasteiger partial charge on any atom is 0.309 e. The van der Waals surface area contributed by atoms with Crippen LogP contribution in [0.25, 0.3) is 0 Å². The van der Waals surface area contributed by atoms with Crippen molar-refractivity contribution in [3.8, 4) is 5.75 Å². The number of rotatable bonds is 7. The Morgan fingerprint density at radius 1 is 1.19 bits per heavy atom. The van der Waals surface area contributed by atoms with Gasteiger partial charge in [-0.15, -0.1) is 0 Å². The smallest absolute Gasteiger partial charge is 0.309 e. The molecule has 1 aromatic carbocycles. The predicted octanol–water partition coefficient (Wildman–Crippen LogP) is 1.63. The summed E-state index contributed by atoms with van der Waals surface area (Å²) in [5, 5.41) is 5.91. The van der Waals surface area contributed by atoms with Crippen LogP contribution in [0, 0.1) is 0 Å². The SMILES string of the molecule is O=C(COC(=O)CCOc1ccccc1)Nc1ccon1. The second-order valence-electron chi connectivity index (χ2n) is 4.01. The average molecular weight is 290 g/mol. The van der Waals surface area contributed by atoms with Gasteiger partial charge in [-0.05, 0) is 12.1 Å². The van der Waals surface area contributed by atoms with Crippen LogP contribution in [0.3, 0.4) is 0 Å². The zero-order valence-corrected chi connectivity index (χ0v) is 11.2. The van der Waals surface area contributed by atoms with E-state index in [1.165, 1.54) is 12.3 Å². The van der Waals surface area contributed by atoms with E-state index < -0.39 is 11.9 Å². The molecule has 1 amide bonds. The fraction of sp³-hybridized carbons (Fsp3) is 0.214. The van der Waals surface area contributed by atoms with Gasteiger partial charge < -0.3 is 19.3 Å². The molecule has 0 bridgehead atoms. The summed E-state index contributed by atoms with van der Waals surface area (Å²) in [6, 6.07) is 10.6. The van der Waals surface area contributed by atoms with Gasteiger partial charge in [-0.1, -0.05) is 23.4 Å². The molecule has 1 N–H and O–H groups in total. The highest BCUT2D eigenvalue weighted by Crippen LogP contribution is 2.08. The van der Waals surface area contributed by atoms with E-state index in [1.54, 1.807) is 12.1 Å². The van der Waals surface area contributed by atoms with Crippen LogP contribution in [0.1, 0.15) is 6.42 Å². The van der Waals surface area contributed by atoms with Crippen LogP contribution >= 0.6 is 0 Å². The van der Waals surface area contributed by atoms with Gasteiger partial charge in [-0.2, -0.15) is 0 Å². The van der Waals surface area contributed by atoms with Crippen LogP contribution in [0.2, 0.25) is 0 Å². The van der Waals surface area contributed by atoms with Crippen LogP contribution in [-0.4, -0.2) is 30.2 Å². The summed E-state index contributed by atoms with van der Waals surface area (Å²) in [7, 11) is 0. The Morgan fingerprint density at radius 3 is 2.71 bits per heavy atom. The molecule has 0 saturated heterocycles. The number of anilines is 1. The van der Waals surface area contributed by atoms with Gasteiger partial charge in [0.05, 0.1) is 13.0 Å². The highest BCUT2D eigenvalue weighted by molar-refractivity contribution is 5.91. The van der Waals surface area contributed by atoms with E-state index in [4.69, 9.17) is 9.47 Å². The summed E-state index contributed by atoms with van der Waals surface area (Å²) >= 11 is 0. The standard InChI is InChI=1S/C14H14N2O5/c17-13(15-12-6-9-21-16-12)10-20-14(18)7-8-19-11-4-2-1-3-5-11/h1-6,9H,7-8,10H2,(H,15,16,17). The van der Waals surface area contributed by atoms with Crippen molar-refractivity contribution in [3.63, 3.8) is 0 Å². The van der Waals surface area contributed by atoms with E-state index in [0.717, 1.165) is 0 Å². The van der Waals surface area contributed by atoms with Crippen LogP contribution in [-0.2, 0) is 14.3 Å². The van der Waals surface area contributed by atoms with Crippen LogP contribution in [0.4, 0.5) is 5.82 Å². The topological polar surface area (TPSA) is 90.7 Å². The highest BCUT2D eigenvalue weighted by atomic mass is 16.5. The molecule has 0 aliphatic heterocycles. The molecule has 0 radical (unpaired) electrons. The van der Waals surface area contributed by atoms with Crippen molar-refractivity contribution in [2.24, 2.45) is 0 Å². The van der Waals surface area contributed by atoms with Gasteiger partial charge in [-0.3, -0.25) is 9.59 Å². The normalized spacial score (nSPS) is 9.90. The van der Waals surface area contributed by atoms with Crippen molar-refractivity contribution in [1.29, 1.82) is 0 Å². The molecular formula is C14H14N2O5. The summed E-state index contributed by atoms with van der Waals surface area (Å²) < 4.78 is 14.7. The number of aromatic nitrogens is 1. The molecule has 0 spiro atoms. The van der Waals surface area contributed by atoms with Gasteiger partial charge in [-0.25, -0.2) is 0 Å². The van der Waals surface area contributed by atoms with Crippen molar-refractivity contribution in [2.45, 2.75) is 6.42 Å². The van der Waals surface area contributed by atoms with Gasteiger partial charge in [0.2, 0.25) is 0 Å². The minimum absolute atomic E-state index is 0.0616. The molecular weight excluding hydrogens is 276 g/mol. The minimum Gasteiger partial charge on any atom is -0.493 e. The molecule has 0 atom stereocenters. The number of ether oxygens (including phenoxy) is 2. The lowest BCUT2D eigenvalue weighted by molar-refractivity contribution is -0.147. The molecule has 21 heavy (non-hydrogen) atoms. The zero-order chi connectivity index (χ0) is 14.9. The number of esters is 1. The number of hydrogen-bond donors (Lipinski definition) is 1. The lowest BCUT2D eigenvalue weighted by atomic mass is 10.3. The van der Waals surface area contributed by atoms with E-state index in [-0.39, 0.29) is 25.5 Å². The van der Waals surface area contributed by atoms with Crippen molar-refractivity contribution in [3.05, 3.63) is 42.7 Å². The van der Waals surface area contributed by atoms with Gasteiger partial charge in [0, 0.05) is 6.07 Å². The molecule has 1 aromatic heterocycles. The van der Waals surface area contributed by atoms with Gasteiger partial charge in [0.25, 0.3) is 5.91 Å². The molecule has 0 unspecified atom stereocenters. The summed E-state index contributed by atoms with van der Waals surface area (Å²) in [6.45, 7) is -0.190. The van der Waals surface area contributed by atoms with Crippen molar-refractivity contribution < 1.29 is 23.6 Å². The third-order valence-electron chi connectivity index (χ3n) is 2.39. The summed E-state index contributed by atoms with van der Waals surface area (Å²) in [4.78, 5) is 22.8. The van der Waals surface area contributed by atoms with Crippen LogP contribution < -0.4 is 10.1 Å². The van der Waals surface area contributed by atoms with Crippen molar-refractivity contribution in [2.75, 3.05) is 18.5 Å². The fourth-order valence-electron chi connectivity index (χ4n) is 1.44.